The van der Waals surface area contributed by atoms with Crippen molar-refractivity contribution in [3.8, 4) is 33.8 Å². The highest BCUT2D eigenvalue weighted by Gasteiger charge is 2.25. The Morgan fingerprint density at radius 2 is 0.750 bits per heavy atom. The van der Waals surface area contributed by atoms with Gasteiger partial charge < -0.3 is 0 Å². The van der Waals surface area contributed by atoms with Gasteiger partial charge in [0.05, 0.1) is 34.0 Å². The lowest BCUT2D eigenvalue weighted by molar-refractivity contribution is 0.618. The van der Waals surface area contributed by atoms with Gasteiger partial charge in [-0.3, -0.25) is 0 Å². The van der Waals surface area contributed by atoms with Gasteiger partial charge in [-0.2, -0.15) is 0 Å². The van der Waals surface area contributed by atoms with Crippen LogP contribution in [0.2, 0.25) is 0 Å². The third kappa shape index (κ3) is 3.23. The second-order valence-corrected chi connectivity index (χ2v) is 7.77. The van der Waals surface area contributed by atoms with Gasteiger partial charge in [0, 0.05) is 23.3 Å². The van der Waals surface area contributed by atoms with E-state index in [0.29, 0.717) is 0 Å². The Labute approximate surface area is 186 Å². The molecule has 0 unspecified atom stereocenters. The molecule has 6 rings (SSSR count). The molecule has 0 fully saturated rings. The van der Waals surface area contributed by atoms with Crippen molar-refractivity contribution in [3.05, 3.63) is 121 Å². The lowest BCUT2D eigenvalue weighted by Gasteiger charge is -2.05. The van der Waals surface area contributed by atoms with Gasteiger partial charge in [0.1, 0.15) is 0 Å². The van der Waals surface area contributed by atoms with Gasteiger partial charge in [0.15, 0.2) is 0 Å². The van der Waals surface area contributed by atoms with Crippen molar-refractivity contribution < 1.29 is 8.83 Å². The van der Waals surface area contributed by atoms with Crippen LogP contribution in [0, 0.1) is 0 Å². The Balaban J connectivity index is 1.70. The van der Waals surface area contributed by atoms with Crippen LogP contribution in [0.3, 0.4) is 0 Å². The molecule has 0 N–H and O–H groups in total. The highest BCUT2D eigenvalue weighted by molar-refractivity contribution is 6.04. The molecule has 0 aliphatic heterocycles. The first-order valence-electron chi connectivity index (χ1n) is 10.7. The molecule has 0 spiro atoms. The van der Waals surface area contributed by atoms with E-state index in [-0.39, 0.29) is 0 Å². The topological polar surface area (TPSA) is 22.6 Å². The van der Waals surface area contributed by atoms with Crippen LogP contribution in [0.25, 0.3) is 55.7 Å². The predicted octanol–water partition coefficient (Wildman–Crippen LogP) is 8.74. The molecule has 0 atom stereocenters. The van der Waals surface area contributed by atoms with Crippen LogP contribution in [0.5, 0.6) is 0 Å². The van der Waals surface area contributed by atoms with E-state index in [0.717, 1.165) is 55.7 Å². The Hall–Kier alpha value is -4.30. The zero-order chi connectivity index (χ0) is 21.3. The molecule has 0 aliphatic carbocycles. The Morgan fingerprint density at radius 3 is 1.19 bits per heavy atom. The first-order valence-corrected chi connectivity index (χ1v) is 10.7. The summed E-state index contributed by atoms with van der Waals surface area (Å²) in [5.74, 6) is 1.68. The number of hydrogen-bond donors (Lipinski definition) is 0. The molecule has 0 saturated heterocycles. The molecule has 0 bridgehead atoms. The first-order chi connectivity index (χ1) is 15.9. The summed E-state index contributed by atoms with van der Waals surface area (Å²) < 4.78 is 12.6. The molecule has 2 nitrogen and oxygen atoms in total. The Bertz CT molecular complexity index is 1430. The average Bonchev–Trinajstić information content (AvgIpc) is 2.88. The van der Waals surface area contributed by atoms with E-state index in [1.165, 1.54) is 0 Å². The second-order valence-electron chi connectivity index (χ2n) is 7.77. The maximum Gasteiger partial charge on any atom is 0.361 e. The largest absolute Gasteiger partial charge is 0.361 e. The monoisotopic (exact) mass is 412 g/mol. The summed E-state index contributed by atoms with van der Waals surface area (Å²) in [5.41, 5.74) is 6.05. The Morgan fingerprint density at radius 1 is 0.375 bits per heavy atom. The molecular formula is C30H20O2+2. The highest BCUT2D eigenvalue weighted by atomic mass is 16.3. The molecule has 2 aromatic heterocycles. The van der Waals surface area contributed by atoms with Crippen molar-refractivity contribution in [2.24, 2.45) is 0 Å². The van der Waals surface area contributed by atoms with Crippen LogP contribution in [0.15, 0.2) is 130 Å². The standard InChI is InChI=1S/C30H20O2/c1-3-11-21(12-4-1)29-19-25(23-15-7-9-17-27(23)31-29)26-20-30(22-13-5-2-6-14-22)32-28-18-10-8-16-24(26)28/h1-20H/q+2. The van der Waals surface area contributed by atoms with Crippen molar-refractivity contribution in [2.75, 3.05) is 0 Å². The van der Waals surface area contributed by atoms with Crippen molar-refractivity contribution in [2.45, 2.75) is 0 Å². The molecule has 0 saturated carbocycles. The normalized spacial score (nSPS) is 11.1. The van der Waals surface area contributed by atoms with Crippen molar-refractivity contribution in [1.29, 1.82) is 0 Å². The molecule has 0 radical (unpaired) electrons. The maximum atomic E-state index is 6.31. The molecule has 150 valence electrons. The first kappa shape index (κ1) is 18.5. The molecule has 0 amide bonds. The van der Waals surface area contributed by atoms with Crippen LogP contribution in [-0.4, -0.2) is 0 Å². The lowest BCUT2D eigenvalue weighted by atomic mass is 9.96. The minimum Gasteiger partial charge on any atom is -0.207 e. The lowest BCUT2D eigenvalue weighted by Crippen LogP contribution is -1.89. The summed E-state index contributed by atoms with van der Waals surface area (Å²) in [6, 6.07) is 41.2. The molecule has 0 aliphatic rings. The van der Waals surface area contributed by atoms with E-state index < -0.39 is 0 Å². The molecule has 2 heteroatoms. The number of hydrogen-bond acceptors (Lipinski definition) is 0. The van der Waals surface area contributed by atoms with Gasteiger partial charge in [0.25, 0.3) is 0 Å². The van der Waals surface area contributed by atoms with E-state index in [2.05, 4.69) is 60.7 Å². The van der Waals surface area contributed by atoms with E-state index >= 15 is 0 Å². The maximum absolute atomic E-state index is 6.31. The van der Waals surface area contributed by atoms with E-state index in [1.807, 2.05) is 60.7 Å². The van der Waals surface area contributed by atoms with Crippen molar-refractivity contribution in [1.82, 2.24) is 0 Å². The summed E-state index contributed by atoms with van der Waals surface area (Å²) >= 11 is 0. The zero-order valence-electron chi connectivity index (χ0n) is 17.4. The van der Waals surface area contributed by atoms with Crippen LogP contribution in [-0.2, 0) is 0 Å². The third-order valence-electron chi connectivity index (χ3n) is 5.75. The molecule has 32 heavy (non-hydrogen) atoms. The number of rotatable bonds is 3. The van der Waals surface area contributed by atoms with Gasteiger partial charge in [-0.15, -0.1) is 0 Å². The van der Waals surface area contributed by atoms with Gasteiger partial charge in [0.2, 0.25) is 0 Å². The summed E-state index contributed by atoms with van der Waals surface area (Å²) in [4.78, 5) is 0. The molecule has 6 aromatic rings. The Kier molecular flexibility index (Phi) is 4.47. The molecular weight excluding hydrogens is 392 g/mol. The average molecular weight is 412 g/mol. The van der Waals surface area contributed by atoms with Crippen LogP contribution < -0.4 is 0 Å². The van der Waals surface area contributed by atoms with E-state index in [1.54, 1.807) is 0 Å². The SMILES string of the molecule is c1ccc(-c2cc(-c3cc(-c4ccccc4)[o+]c4ccccc34)c3ccccc3[o+]2)cc1. The number of fused-ring (bicyclic) bond motifs is 2. The fraction of sp³-hybridized carbons (Fsp3) is 0. The van der Waals surface area contributed by atoms with Crippen LogP contribution in [0.1, 0.15) is 0 Å². The summed E-state index contributed by atoms with van der Waals surface area (Å²) in [5, 5.41) is 2.14. The quantitative estimate of drug-likeness (QED) is 0.271. The van der Waals surface area contributed by atoms with Gasteiger partial charge >= 0.3 is 22.7 Å². The minimum absolute atomic E-state index is 0.838. The fourth-order valence-corrected chi connectivity index (χ4v) is 4.20. The zero-order valence-corrected chi connectivity index (χ0v) is 17.4. The minimum atomic E-state index is 0.838. The predicted molar refractivity (Wildman–Crippen MR) is 131 cm³/mol. The molecule has 2 heterocycles. The summed E-state index contributed by atoms with van der Waals surface area (Å²) in [6.45, 7) is 0. The summed E-state index contributed by atoms with van der Waals surface area (Å²) in [6.07, 6.45) is 0. The van der Waals surface area contributed by atoms with Gasteiger partial charge in [-0.1, -0.05) is 60.7 Å². The van der Waals surface area contributed by atoms with Crippen molar-refractivity contribution >= 4 is 21.9 Å². The van der Waals surface area contributed by atoms with E-state index in [4.69, 9.17) is 8.83 Å². The number of benzene rings is 4. The van der Waals surface area contributed by atoms with Crippen molar-refractivity contribution in [3.63, 3.8) is 0 Å². The highest BCUT2D eigenvalue weighted by Crippen LogP contribution is 2.39. The third-order valence-corrected chi connectivity index (χ3v) is 5.75. The summed E-state index contributed by atoms with van der Waals surface area (Å²) in [7, 11) is 0. The molecule has 4 aromatic carbocycles. The fourth-order valence-electron chi connectivity index (χ4n) is 4.20. The smallest absolute Gasteiger partial charge is 0.207 e. The van der Waals surface area contributed by atoms with E-state index in [9.17, 15) is 0 Å². The van der Waals surface area contributed by atoms with Crippen LogP contribution >= 0.6 is 0 Å². The number of para-hydroxylation sites is 2. The van der Waals surface area contributed by atoms with Gasteiger partial charge in [-0.25, -0.2) is 8.83 Å². The second kappa shape index (κ2) is 7.75. The van der Waals surface area contributed by atoms with Crippen LogP contribution in [0.4, 0.5) is 0 Å². The van der Waals surface area contributed by atoms with Gasteiger partial charge in [-0.05, 0) is 36.4 Å².